The summed E-state index contributed by atoms with van der Waals surface area (Å²) in [6.45, 7) is 2.95. The minimum Gasteiger partial charge on any atom is -0.324 e. The Bertz CT molecular complexity index is 582. The van der Waals surface area contributed by atoms with Gasteiger partial charge in [-0.15, -0.1) is 23.1 Å². The summed E-state index contributed by atoms with van der Waals surface area (Å²) in [6, 6.07) is 14.4. The van der Waals surface area contributed by atoms with E-state index in [1.54, 1.807) is 11.3 Å². The van der Waals surface area contributed by atoms with E-state index in [1.165, 1.54) is 4.88 Å². The van der Waals surface area contributed by atoms with E-state index >= 15 is 0 Å². The Balaban J connectivity index is 1.83. The highest BCUT2D eigenvalue weighted by atomic mass is 32.2. The molecule has 1 fully saturated rings. The van der Waals surface area contributed by atoms with Crippen molar-refractivity contribution in [1.82, 2.24) is 4.90 Å². The monoisotopic (exact) mass is 317 g/mol. The van der Waals surface area contributed by atoms with Gasteiger partial charge in [-0.05, 0) is 23.4 Å². The van der Waals surface area contributed by atoms with Crippen molar-refractivity contribution >= 4 is 29.0 Å². The molecule has 2 aromatic rings. The van der Waals surface area contributed by atoms with Crippen molar-refractivity contribution < 1.29 is 4.79 Å². The quantitative estimate of drug-likeness (QED) is 0.826. The van der Waals surface area contributed by atoms with Gasteiger partial charge in [0.05, 0.1) is 5.92 Å². The Morgan fingerprint density at radius 3 is 2.76 bits per heavy atom. The third-order valence-corrected chi connectivity index (χ3v) is 6.19. The Kier molecular flexibility index (Phi) is 4.66. The summed E-state index contributed by atoms with van der Waals surface area (Å²) >= 11 is 3.62. The van der Waals surface area contributed by atoms with Crippen molar-refractivity contribution in [3.63, 3.8) is 0 Å². The molecule has 4 heteroatoms. The molecule has 1 aliphatic heterocycles. The van der Waals surface area contributed by atoms with Crippen molar-refractivity contribution in [3.8, 4) is 0 Å². The summed E-state index contributed by atoms with van der Waals surface area (Å²) in [5.41, 5.74) is 1.13. The lowest BCUT2D eigenvalue weighted by Crippen LogP contribution is -2.34. The first-order valence-electron chi connectivity index (χ1n) is 7.31. The molecule has 1 aromatic carbocycles. The smallest absolute Gasteiger partial charge is 0.231 e. The molecule has 0 saturated carbocycles. The molecule has 1 aromatic heterocycles. The highest BCUT2D eigenvalue weighted by molar-refractivity contribution is 7.99. The van der Waals surface area contributed by atoms with Crippen LogP contribution in [0.25, 0.3) is 0 Å². The second-order valence-corrected chi connectivity index (χ2v) is 7.31. The predicted octanol–water partition coefficient (Wildman–Crippen LogP) is 4.52. The SMILES string of the molecule is CCC(C(=O)N1CCSC1c1cccs1)c1ccccc1. The number of hydrogen-bond donors (Lipinski definition) is 0. The maximum absolute atomic E-state index is 13.0. The second kappa shape index (κ2) is 6.67. The van der Waals surface area contributed by atoms with Crippen LogP contribution in [0, 0.1) is 0 Å². The first-order valence-corrected chi connectivity index (χ1v) is 9.24. The molecule has 3 rings (SSSR count). The molecular formula is C17H19NOS2. The van der Waals surface area contributed by atoms with Crippen LogP contribution >= 0.6 is 23.1 Å². The van der Waals surface area contributed by atoms with Crippen LogP contribution in [-0.2, 0) is 4.79 Å². The second-order valence-electron chi connectivity index (χ2n) is 5.14. The van der Waals surface area contributed by atoms with Crippen molar-refractivity contribution in [2.45, 2.75) is 24.6 Å². The lowest BCUT2D eigenvalue weighted by atomic mass is 9.95. The normalized spacial score (nSPS) is 19.7. The van der Waals surface area contributed by atoms with Gasteiger partial charge >= 0.3 is 0 Å². The van der Waals surface area contributed by atoms with Gasteiger partial charge in [0.2, 0.25) is 5.91 Å². The van der Waals surface area contributed by atoms with Gasteiger partial charge in [-0.3, -0.25) is 4.79 Å². The third kappa shape index (κ3) is 3.01. The van der Waals surface area contributed by atoms with Crippen LogP contribution in [0.3, 0.4) is 0 Å². The maximum atomic E-state index is 13.0. The molecule has 21 heavy (non-hydrogen) atoms. The van der Waals surface area contributed by atoms with Gasteiger partial charge < -0.3 is 4.90 Å². The highest BCUT2D eigenvalue weighted by Crippen LogP contribution is 2.41. The molecule has 110 valence electrons. The van der Waals surface area contributed by atoms with Gasteiger partial charge in [-0.25, -0.2) is 0 Å². The van der Waals surface area contributed by atoms with E-state index in [0.717, 1.165) is 24.3 Å². The van der Waals surface area contributed by atoms with Crippen molar-refractivity contribution in [3.05, 3.63) is 58.3 Å². The molecule has 0 bridgehead atoms. The number of nitrogens with zero attached hydrogens (tertiary/aromatic N) is 1. The van der Waals surface area contributed by atoms with Crippen molar-refractivity contribution in [2.75, 3.05) is 12.3 Å². The van der Waals surface area contributed by atoms with Crippen LogP contribution in [0.2, 0.25) is 0 Å². The van der Waals surface area contributed by atoms with Gasteiger partial charge in [-0.1, -0.05) is 43.3 Å². The lowest BCUT2D eigenvalue weighted by Gasteiger charge is -2.27. The molecule has 2 atom stereocenters. The molecule has 1 amide bonds. The van der Waals surface area contributed by atoms with Gasteiger partial charge in [0.15, 0.2) is 0 Å². The maximum Gasteiger partial charge on any atom is 0.231 e. The zero-order valence-corrected chi connectivity index (χ0v) is 13.7. The predicted molar refractivity (Wildman–Crippen MR) is 90.7 cm³/mol. The molecule has 0 radical (unpaired) electrons. The van der Waals surface area contributed by atoms with Crippen LogP contribution in [0.5, 0.6) is 0 Å². The van der Waals surface area contributed by atoms with E-state index in [-0.39, 0.29) is 17.2 Å². The molecule has 2 nitrogen and oxygen atoms in total. The van der Waals surface area contributed by atoms with Crippen LogP contribution < -0.4 is 0 Å². The summed E-state index contributed by atoms with van der Waals surface area (Å²) in [4.78, 5) is 16.4. The molecule has 2 heterocycles. The first kappa shape index (κ1) is 14.7. The van der Waals surface area contributed by atoms with E-state index in [9.17, 15) is 4.79 Å². The fourth-order valence-corrected chi connectivity index (χ4v) is 5.04. The van der Waals surface area contributed by atoms with Crippen LogP contribution in [0.4, 0.5) is 0 Å². The Labute approximate surface area is 134 Å². The minimum absolute atomic E-state index is 0.0210. The number of carbonyl (C=O) groups is 1. The van der Waals surface area contributed by atoms with Crippen LogP contribution in [0.15, 0.2) is 47.8 Å². The van der Waals surface area contributed by atoms with Gasteiger partial charge in [0.1, 0.15) is 5.37 Å². The number of thiophene rings is 1. The van der Waals surface area contributed by atoms with E-state index in [2.05, 4.69) is 41.5 Å². The summed E-state index contributed by atoms with van der Waals surface area (Å²) < 4.78 is 0. The van der Waals surface area contributed by atoms with E-state index in [1.807, 2.05) is 30.0 Å². The van der Waals surface area contributed by atoms with E-state index < -0.39 is 0 Å². The molecule has 0 N–H and O–H groups in total. The Morgan fingerprint density at radius 1 is 1.29 bits per heavy atom. The largest absolute Gasteiger partial charge is 0.324 e. The highest BCUT2D eigenvalue weighted by Gasteiger charge is 2.34. The first-order chi connectivity index (χ1) is 10.3. The molecule has 0 spiro atoms. The van der Waals surface area contributed by atoms with E-state index in [0.29, 0.717) is 0 Å². The molecule has 0 aliphatic carbocycles. The summed E-state index contributed by atoms with van der Waals surface area (Å²) in [5.74, 6) is 1.28. The topological polar surface area (TPSA) is 20.3 Å². The summed E-state index contributed by atoms with van der Waals surface area (Å²) in [5, 5.41) is 2.29. The van der Waals surface area contributed by atoms with Crippen LogP contribution in [0.1, 0.15) is 35.1 Å². The zero-order chi connectivity index (χ0) is 14.7. The van der Waals surface area contributed by atoms with Gasteiger partial charge in [0.25, 0.3) is 0 Å². The number of benzene rings is 1. The molecular weight excluding hydrogens is 298 g/mol. The Hall–Kier alpha value is -1.26. The lowest BCUT2D eigenvalue weighted by molar-refractivity contribution is -0.133. The van der Waals surface area contributed by atoms with Crippen molar-refractivity contribution in [1.29, 1.82) is 0 Å². The fourth-order valence-electron chi connectivity index (χ4n) is 2.80. The number of carbonyl (C=O) groups excluding carboxylic acids is 1. The van der Waals surface area contributed by atoms with E-state index in [4.69, 9.17) is 0 Å². The Morgan fingerprint density at radius 2 is 2.10 bits per heavy atom. The fraction of sp³-hybridized carbons (Fsp3) is 0.353. The van der Waals surface area contributed by atoms with Crippen LogP contribution in [-0.4, -0.2) is 23.1 Å². The summed E-state index contributed by atoms with van der Waals surface area (Å²) in [6.07, 6.45) is 0.848. The number of hydrogen-bond acceptors (Lipinski definition) is 3. The minimum atomic E-state index is -0.0210. The molecule has 1 saturated heterocycles. The van der Waals surface area contributed by atoms with Gasteiger partial charge in [0, 0.05) is 17.2 Å². The number of amides is 1. The average Bonchev–Trinajstić information content (AvgIpc) is 3.20. The average molecular weight is 317 g/mol. The van der Waals surface area contributed by atoms with Gasteiger partial charge in [-0.2, -0.15) is 0 Å². The third-order valence-electron chi connectivity index (χ3n) is 3.87. The zero-order valence-electron chi connectivity index (χ0n) is 12.1. The molecule has 1 aliphatic rings. The van der Waals surface area contributed by atoms with Crippen molar-refractivity contribution in [2.24, 2.45) is 0 Å². The molecule has 2 unspecified atom stereocenters. The number of thioether (sulfide) groups is 1. The standard InChI is InChI=1S/C17H19NOS2/c1-2-14(13-7-4-3-5-8-13)16(19)18-10-12-21-17(18)15-9-6-11-20-15/h3-9,11,14,17H,2,10,12H2,1H3. The summed E-state index contributed by atoms with van der Waals surface area (Å²) in [7, 11) is 0. The number of rotatable bonds is 4.